The van der Waals surface area contributed by atoms with Crippen LogP contribution in [0.25, 0.3) is 5.69 Å². The molecule has 0 aliphatic rings. The second-order valence-corrected chi connectivity index (χ2v) is 7.77. The van der Waals surface area contributed by atoms with Crippen LogP contribution in [-0.2, 0) is 5.41 Å². The minimum atomic E-state index is -0.521. The first-order valence-corrected chi connectivity index (χ1v) is 8.99. The summed E-state index contributed by atoms with van der Waals surface area (Å²) in [5.41, 5.74) is 1.52. The smallest absolute Gasteiger partial charge is 0.273 e. The number of nitrogens with one attached hydrogen (secondary N) is 1. The predicted octanol–water partition coefficient (Wildman–Crippen LogP) is 4.78. The van der Waals surface area contributed by atoms with Crippen LogP contribution < -0.4 is 5.32 Å². The Kier molecular flexibility index (Phi) is 5.19. The average Bonchev–Trinajstić information content (AvgIpc) is 3.06. The molecule has 29 heavy (non-hydrogen) atoms. The third-order valence-corrected chi connectivity index (χ3v) is 4.46. The Morgan fingerprint density at radius 1 is 1.14 bits per heavy atom. The Bertz CT molecular complexity index is 1080. The molecule has 0 atom stereocenters. The van der Waals surface area contributed by atoms with E-state index < -0.39 is 10.8 Å². The molecule has 3 aromatic rings. The highest BCUT2D eigenvalue weighted by Crippen LogP contribution is 2.27. The molecular weight excluding hydrogens is 375 g/mol. The first-order chi connectivity index (χ1) is 13.6. The predicted molar refractivity (Wildman–Crippen MR) is 108 cm³/mol. The van der Waals surface area contributed by atoms with Crippen molar-refractivity contribution >= 4 is 17.4 Å². The molecule has 8 heteroatoms. The largest absolute Gasteiger partial charge is 0.306 e. The number of anilines is 1. The number of nitro benzene ring substituents is 1. The summed E-state index contributed by atoms with van der Waals surface area (Å²) in [6.07, 6.45) is 0. The van der Waals surface area contributed by atoms with Gasteiger partial charge in [-0.3, -0.25) is 14.9 Å². The van der Waals surface area contributed by atoms with Gasteiger partial charge in [-0.2, -0.15) is 5.10 Å². The number of rotatable bonds is 4. The van der Waals surface area contributed by atoms with Gasteiger partial charge in [0.05, 0.1) is 16.3 Å². The molecular formula is C21H21FN4O3. The Balaban J connectivity index is 2.01. The molecule has 7 nitrogen and oxygen atoms in total. The van der Waals surface area contributed by atoms with Gasteiger partial charge in [-0.15, -0.1) is 0 Å². The molecule has 0 spiro atoms. The lowest BCUT2D eigenvalue weighted by Crippen LogP contribution is -2.15. The van der Waals surface area contributed by atoms with Gasteiger partial charge in [-0.1, -0.05) is 26.8 Å². The maximum atomic E-state index is 13.3. The summed E-state index contributed by atoms with van der Waals surface area (Å²) in [7, 11) is 0. The van der Waals surface area contributed by atoms with Crippen molar-refractivity contribution in [3.8, 4) is 5.69 Å². The highest BCUT2D eigenvalue weighted by Gasteiger charge is 2.22. The van der Waals surface area contributed by atoms with Crippen LogP contribution in [0.5, 0.6) is 0 Å². The average molecular weight is 396 g/mol. The molecule has 150 valence electrons. The normalized spacial score (nSPS) is 11.3. The first-order valence-electron chi connectivity index (χ1n) is 8.99. The van der Waals surface area contributed by atoms with Crippen LogP contribution in [0.3, 0.4) is 0 Å². The molecule has 0 aliphatic carbocycles. The lowest BCUT2D eigenvalue weighted by Gasteiger charge is -2.14. The minimum Gasteiger partial charge on any atom is -0.306 e. The van der Waals surface area contributed by atoms with Crippen LogP contribution in [-0.4, -0.2) is 20.6 Å². The van der Waals surface area contributed by atoms with Crippen LogP contribution in [0, 0.1) is 22.9 Å². The molecule has 0 radical (unpaired) electrons. The number of nitro groups is 1. The van der Waals surface area contributed by atoms with E-state index in [4.69, 9.17) is 0 Å². The first kappa shape index (κ1) is 20.2. The van der Waals surface area contributed by atoms with E-state index in [1.807, 2.05) is 20.8 Å². The minimum absolute atomic E-state index is 0.125. The number of aromatic nitrogens is 2. The van der Waals surface area contributed by atoms with Gasteiger partial charge < -0.3 is 5.32 Å². The van der Waals surface area contributed by atoms with E-state index >= 15 is 0 Å². The lowest BCUT2D eigenvalue weighted by molar-refractivity contribution is -0.385. The van der Waals surface area contributed by atoms with E-state index in [0.29, 0.717) is 17.1 Å². The van der Waals surface area contributed by atoms with Gasteiger partial charge in [-0.25, -0.2) is 9.07 Å². The number of carbonyl (C=O) groups is 1. The van der Waals surface area contributed by atoms with Crippen molar-refractivity contribution < 1.29 is 14.1 Å². The van der Waals surface area contributed by atoms with Crippen molar-refractivity contribution in [2.24, 2.45) is 0 Å². The molecule has 0 saturated heterocycles. The molecule has 0 fully saturated rings. The number of hydrogen-bond acceptors (Lipinski definition) is 4. The maximum absolute atomic E-state index is 13.3. The zero-order valence-electron chi connectivity index (χ0n) is 16.6. The van der Waals surface area contributed by atoms with E-state index in [1.54, 1.807) is 25.1 Å². The zero-order chi connectivity index (χ0) is 21.3. The summed E-state index contributed by atoms with van der Waals surface area (Å²) in [6.45, 7) is 7.57. The Labute approximate surface area is 167 Å². The van der Waals surface area contributed by atoms with E-state index in [-0.39, 0.29) is 22.5 Å². The van der Waals surface area contributed by atoms with Crippen LogP contribution >= 0.6 is 0 Å². The molecule has 2 aromatic carbocycles. The van der Waals surface area contributed by atoms with Gasteiger partial charge in [-0.05, 0) is 37.3 Å². The summed E-state index contributed by atoms with van der Waals surface area (Å²) in [5, 5.41) is 18.5. The van der Waals surface area contributed by atoms with Crippen molar-refractivity contribution in [3.05, 3.63) is 81.3 Å². The van der Waals surface area contributed by atoms with E-state index in [2.05, 4.69) is 10.4 Å². The molecule has 1 amide bonds. The van der Waals surface area contributed by atoms with E-state index in [9.17, 15) is 19.3 Å². The number of hydrogen-bond donors (Lipinski definition) is 1. The SMILES string of the molecule is Cc1ccc(C(=O)Nc2cc(C(C)(C)C)nn2-c2ccc(F)cc2)cc1[N+](=O)[O-]. The monoisotopic (exact) mass is 396 g/mol. The summed E-state index contributed by atoms with van der Waals surface area (Å²) in [4.78, 5) is 23.4. The molecule has 3 rings (SSSR count). The highest BCUT2D eigenvalue weighted by molar-refractivity contribution is 6.04. The lowest BCUT2D eigenvalue weighted by atomic mass is 9.92. The number of carbonyl (C=O) groups excluding carboxylic acids is 1. The van der Waals surface area contributed by atoms with E-state index in [1.165, 1.54) is 35.0 Å². The fraction of sp³-hybridized carbons (Fsp3) is 0.238. The highest BCUT2D eigenvalue weighted by atomic mass is 19.1. The standard InChI is InChI=1S/C21H21FN4O3/c1-13-5-6-14(11-17(13)26(28)29)20(27)23-19-12-18(21(2,3)4)24-25(19)16-9-7-15(22)8-10-16/h5-12H,1-4H3,(H,23,27). The molecule has 0 unspecified atom stereocenters. The third kappa shape index (κ3) is 4.31. The molecule has 0 bridgehead atoms. The molecule has 1 N–H and O–H groups in total. The van der Waals surface area contributed by atoms with Crippen LogP contribution in [0.15, 0.2) is 48.5 Å². The summed E-state index contributed by atoms with van der Waals surface area (Å²) in [5.74, 6) is -0.499. The number of amides is 1. The van der Waals surface area contributed by atoms with Crippen molar-refractivity contribution in [2.45, 2.75) is 33.1 Å². The summed E-state index contributed by atoms with van der Waals surface area (Å²) < 4.78 is 14.8. The second kappa shape index (κ2) is 7.46. The van der Waals surface area contributed by atoms with Crippen LogP contribution in [0.2, 0.25) is 0 Å². The van der Waals surface area contributed by atoms with Gasteiger partial charge in [0.1, 0.15) is 11.6 Å². The van der Waals surface area contributed by atoms with Crippen molar-refractivity contribution in [1.29, 1.82) is 0 Å². The van der Waals surface area contributed by atoms with Gasteiger partial charge in [0.2, 0.25) is 0 Å². The Hall–Kier alpha value is -3.55. The quantitative estimate of drug-likeness (QED) is 0.508. The Morgan fingerprint density at radius 2 is 1.79 bits per heavy atom. The zero-order valence-corrected chi connectivity index (χ0v) is 16.6. The molecule has 0 aliphatic heterocycles. The number of nitrogens with zero attached hydrogens (tertiary/aromatic N) is 3. The second-order valence-electron chi connectivity index (χ2n) is 7.77. The van der Waals surface area contributed by atoms with E-state index in [0.717, 1.165) is 5.69 Å². The maximum Gasteiger partial charge on any atom is 0.273 e. The number of benzene rings is 2. The number of halogens is 1. The van der Waals surface area contributed by atoms with Gasteiger partial charge in [0.15, 0.2) is 0 Å². The van der Waals surface area contributed by atoms with Gasteiger partial charge in [0.25, 0.3) is 11.6 Å². The van der Waals surface area contributed by atoms with Crippen LogP contribution in [0.1, 0.15) is 42.4 Å². The van der Waals surface area contributed by atoms with Gasteiger partial charge in [0, 0.05) is 28.7 Å². The summed E-state index contributed by atoms with van der Waals surface area (Å²) in [6, 6.07) is 11.8. The van der Waals surface area contributed by atoms with Crippen molar-refractivity contribution in [1.82, 2.24) is 9.78 Å². The van der Waals surface area contributed by atoms with Gasteiger partial charge >= 0.3 is 0 Å². The Morgan fingerprint density at radius 3 is 2.38 bits per heavy atom. The fourth-order valence-corrected chi connectivity index (χ4v) is 2.75. The molecule has 0 saturated carbocycles. The topological polar surface area (TPSA) is 90.1 Å². The number of aryl methyl sites for hydroxylation is 1. The van der Waals surface area contributed by atoms with Crippen molar-refractivity contribution in [2.75, 3.05) is 5.32 Å². The molecule has 1 heterocycles. The van der Waals surface area contributed by atoms with Crippen molar-refractivity contribution in [3.63, 3.8) is 0 Å². The third-order valence-electron chi connectivity index (χ3n) is 4.46. The molecule has 1 aromatic heterocycles. The van der Waals surface area contributed by atoms with Crippen LogP contribution in [0.4, 0.5) is 15.9 Å². The summed E-state index contributed by atoms with van der Waals surface area (Å²) >= 11 is 0. The fourth-order valence-electron chi connectivity index (χ4n) is 2.75.